The van der Waals surface area contributed by atoms with Crippen molar-refractivity contribution in [1.82, 2.24) is 20.5 Å². The van der Waals surface area contributed by atoms with E-state index in [0.717, 1.165) is 30.9 Å². The fourth-order valence-corrected chi connectivity index (χ4v) is 4.92. The minimum Gasteiger partial charge on any atom is -0.489 e. The first-order valence-electron chi connectivity index (χ1n) is 10.7. The molecule has 2 aliphatic heterocycles. The predicted octanol–water partition coefficient (Wildman–Crippen LogP) is 2.61. The maximum Gasteiger partial charge on any atom is 0.255 e. The molecular weight excluding hydrogens is 412 g/mol. The Morgan fingerprint density at radius 3 is 2.90 bits per heavy atom. The maximum absolute atomic E-state index is 13.3. The van der Waals surface area contributed by atoms with Gasteiger partial charge in [-0.05, 0) is 37.9 Å². The predicted molar refractivity (Wildman–Crippen MR) is 120 cm³/mol. The smallest absolute Gasteiger partial charge is 0.255 e. The van der Waals surface area contributed by atoms with Crippen molar-refractivity contribution in [2.24, 2.45) is 5.41 Å². The molecule has 1 atom stereocenters. The van der Waals surface area contributed by atoms with Crippen molar-refractivity contribution >= 4 is 23.2 Å². The highest BCUT2D eigenvalue weighted by atomic mass is 32.1. The molecule has 2 amide bonds. The number of hydrogen-bond donors (Lipinski definition) is 2. The average molecular weight is 441 g/mol. The molecule has 1 aromatic carbocycles. The number of hydrogen-bond acceptors (Lipinski definition) is 6. The number of aromatic nitrogens is 1. The largest absolute Gasteiger partial charge is 0.489 e. The van der Waals surface area contributed by atoms with Crippen molar-refractivity contribution in [3.8, 4) is 5.75 Å². The zero-order valence-electron chi connectivity index (χ0n) is 17.5. The Morgan fingerprint density at radius 1 is 1.16 bits per heavy atom. The summed E-state index contributed by atoms with van der Waals surface area (Å²) in [5, 5.41) is 8.99. The zero-order chi connectivity index (χ0) is 21.5. The van der Waals surface area contributed by atoms with Crippen molar-refractivity contribution in [3.05, 3.63) is 58.6 Å². The van der Waals surface area contributed by atoms with Crippen molar-refractivity contribution in [2.75, 3.05) is 32.8 Å². The number of nitrogens with zero attached hydrogens (tertiary/aromatic N) is 2. The third-order valence-electron chi connectivity index (χ3n) is 5.82. The minimum atomic E-state index is -0.488. The van der Waals surface area contributed by atoms with Crippen LogP contribution < -0.4 is 15.4 Å². The molecule has 1 aromatic heterocycles. The molecule has 0 aliphatic carbocycles. The van der Waals surface area contributed by atoms with E-state index in [1.165, 1.54) is 0 Å². The first kappa shape index (κ1) is 21.5. The SMILES string of the molecule is O=C1NCCNC(=O)C2(CC=CCOc3ccccc31)CCCN(Cc1nccs1)C2. The van der Waals surface area contributed by atoms with Crippen LogP contribution in [0.1, 0.15) is 34.6 Å². The Labute approximate surface area is 186 Å². The number of benzene rings is 1. The van der Waals surface area contributed by atoms with Gasteiger partial charge < -0.3 is 15.4 Å². The van der Waals surface area contributed by atoms with Crippen LogP contribution in [0.25, 0.3) is 0 Å². The van der Waals surface area contributed by atoms with Gasteiger partial charge in [-0.15, -0.1) is 11.3 Å². The van der Waals surface area contributed by atoms with Gasteiger partial charge in [0.05, 0.1) is 17.5 Å². The summed E-state index contributed by atoms with van der Waals surface area (Å²) in [6.07, 6.45) is 8.27. The molecule has 7 nitrogen and oxygen atoms in total. The van der Waals surface area contributed by atoms with Crippen molar-refractivity contribution in [2.45, 2.75) is 25.8 Å². The molecule has 2 N–H and O–H groups in total. The maximum atomic E-state index is 13.3. The summed E-state index contributed by atoms with van der Waals surface area (Å²) in [6, 6.07) is 7.21. The highest BCUT2D eigenvalue weighted by Gasteiger charge is 2.41. The Kier molecular flexibility index (Phi) is 6.99. The van der Waals surface area contributed by atoms with E-state index in [1.54, 1.807) is 23.5 Å². The molecule has 2 aliphatic rings. The van der Waals surface area contributed by atoms with Gasteiger partial charge in [0.2, 0.25) is 5.91 Å². The van der Waals surface area contributed by atoms with Crippen LogP contribution in [-0.4, -0.2) is 54.5 Å². The van der Waals surface area contributed by atoms with E-state index >= 15 is 0 Å². The lowest BCUT2D eigenvalue weighted by Gasteiger charge is -2.41. The van der Waals surface area contributed by atoms with E-state index in [0.29, 0.717) is 44.0 Å². The second-order valence-electron chi connectivity index (χ2n) is 8.01. The fourth-order valence-electron chi connectivity index (χ4n) is 4.26. The van der Waals surface area contributed by atoms with E-state index in [4.69, 9.17) is 4.74 Å². The molecule has 3 heterocycles. The number of carbonyl (C=O) groups is 2. The van der Waals surface area contributed by atoms with Gasteiger partial charge in [-0.3, -0.25) is 14.5 Å². The van der Waals surface area contributed by atoms with E-state index in [1.807, 2.05) is 35.9 Å². The number of likely N-dealkylation sites (tertiary alicyclic amines) is 1. The number of para-hydroxylation sites is 1. The molecule has 8 heteroatoms. The fraction of sp³-hybridized carbons (Fsp3) is 0.435. The third kappa shape index (κ3) is 5.32. The number of fused-ring (bicyclic) bond motifs is 1. The summed E-state index contributed by atoms with van der Waals surface area (Å²) >= 11 is 1.65. The van der Waals surface area contributed by atoms with Gasteiger partial charge in [0, 0.05) is 31.2 Å². The lowest BCUT2D eigenvalue weighted by Crippen LogP contribution is -2.52. The summed E-state index contributed by atoms with van der Waals surface area (Å²) in [6.45, 7) is 3.55. The van der Waals surface area contributed by atoms with Gasteiger partial charge >= 0.3 is 0 Å². The summed E-state index contributed by atoms with van der Waals surface area (Å²) in [4.78, 5) is 32.5. The van der Waals surface area contributed by atoms with Crippen molar-refractivity contribution in [3.63, 3.8) is 0 Å². The molecule has 31 heavy (non-hydrogen) atoms. The quantitative estimate of drug-likeness (QED) is 0.702. The standard InChI is InChI=1S/C23H28N4O3S/c28-21-18-6-1-2-7-19(18)30-14-4-3-8-23(22(29)26-11-10-25-21)9-5-13-27(17-23)16-20-24-12-15-31-20/h1-4,6-7,12,15H,5,8-11,13-14,16-17H2,(H,25,28)(H,26,29). The van der Waals surface area contributed by atoms with Crippen LogP contribution in [0.4, 0.5) is 0 Å². The highest BCUT2D eigenvalue weighted by Crippen LogP contribution is 2.35. The number of amides is 2. The van der Waals surface area contributed by atoms with Gasteiger partial charge in [-0.2, -0.15) is 0 Å². The molecule has 4 rings (SSSR count). The number of allylic oxidation sites excluding steroid dienone is 1. The number of nitrogens with one attached hydrogen (secondary N) is 2. The van der Waals surface area contributed by atoms with Crippen molar-refractivity contribution < 1.29 is 14.3 Å². The molecule has 1 unspecified atom stereocenters. The lowest BCUT2D eigenvalue weighted by atomic mass is 9.76. The highest BCUT2D eigenvalue weighted by molar-refractivity contribution is 7.09. The third-order valence-corrected chi connectivity index (χ3v) is 6.58. The number of carbonyl (C=O) groups excluding carboxylic acids is 2. The molecule has 1 saturated heterocycles. The Bertz CT molecular complexity index is 931. The summed E-state index contributed by atoms with van der Waals surface area (Å²) < 4.78 is 5.83. The van der Waals surface area contributed by atoms with Crippen LogP contribution in [-0.2, 0) is 11.3 Å². The van der Waals surface area contributed by atoms with Crippen LogP contribution >= 0.6 is 11.3 Å². The van der Waals surface area contributed by atoms with Gasteiger partial charge in [0.15, 0.2) is 0 Å². The van der Waals surface area contributed by atoms with Gasteiger partial charge in [-0.1, -0.05) is 24.3 Å². The van der Waals surface area contributed by atoms with E-state index in [2.05, 4.69) is 20.5 Å². The Balaban J connectivity index is 1.49. The van der Waals surface area contributed by atoms with Crippen LogP contribution in [0.5, 0.6) is 5.75 Å². The zero-order valence-corrected chi connectivity index (χ0v) is 18.3. The topological polar surface area (TPSA) is 83.6 Å². The number of ether oxygens (including phenoxy) is 1. The summed E-state index contributed by atoms with van der Waals surface area (Å²) in [7, 11) is 0. The van der Waals surface area contributed by atoms with Crippen LogP contribution in [0.3, 0.4) is 0 Å². The summed E-state index contributed by atoms with van der Waals surface area (Å²) in [5.41, 5.74) is 0.0127. The summed E-state index contributed by atoms with van der Waals surface area (Å²) in [5.74, 6) is 0.411. The average Bonchev–Trinajstić information content (AvgIpc) is 3.29. The second kappa shape index (κ2) is 10.1. The molecule has 164 valence electrons. The Hall–Kier alpha value is -2.71. The molecule has 0 radical (unpaired) electrons. The molecule has 0 saturated carbocycles. The minimum absolute atomic E-state index is 0.0496. The lowest BCUT2D eigenvalue weighted by molar-refractivity contribution is -0.134. The van der Waals surface area contributed by atoms with Gasteiger partial charge in [0.25, 0.3) is 5.91 Å². The van der Waals surface area contributed by atoms with Crippen LogP contribution in [0.15, 0.2) is 48.0 Å². The number of thiazole rings is 1. The Morgan fingerprint density at radius 2 is 2.03 bits per heavy atom. The first-order chi connectivity index (χ1) is 15.2. The van der Waals surface area contributed by atoms with Crippen LogP contribution in [0, 0.1) is 5.41 Å². The first-order valence-corrected chi connectivity index (χ1v) is 11.6. The van der Waals surface area contributed by atoms with E-state index < -0.39 is 5.41 Å². The van der Waals surface area contributed by atoms with Crippen molar-refractivity contribution in [1.29, 1.82) is 0 Å². The van der Waals surface area contributed by atoms with E-state index in [9.17, 15) is 9.59 Å². The van der Waals surface area contributed by atoms with Crippen LogP contribution in [0.2, 0.25) is 0 Å². The molecular formula is C23H28N4O3S. The van der Waals surface area contributed by atoms with Gasteiger partial charge in [0.1, 0.15) is 17.4 Å². The molecule has 0 bridgehead atoms. The van der Waals surface area contributed by atoms with Gasteiger partial charge in [-0.25, -0.2) is 4.98 Å². The number of rotatable bonds is 2. The molecule has 1 spiro atoms. The van der Waals surface area contributed by atoms with E-state index in [-0.39, 0.29) is 11.8 Å². The second-order valence-corrected chi connectivity index (χ2v) is 8.99. The monoisotopic (exact) mass is 440 g/mol. The normalized spacial score (nSPS) is 23.4. The number of piperidine rings is 1. The molecule has 1 fully saturated rings. The molecule has 2 aromatic rings.